The summed E-state index contributed by atoms with van der Waals surface area (Å²) in [5.74, 6) is -0.544. The van der Waals surface area contributed by atoms with Gasteiger partial charge in [0.2, 0.25) is 0 Å². The Hall–Kier alpha value is -3.60. The van der Waals surface area contributed by atoms with Crippen LogP contribution in [-0.2, 0) is 16.1 Å². The van der Waals surface area contributed by atoms with Gasteiger partial charge < -0.3 is 4.74 Å². The number of esters is 1. The van der Waals surface area contributed by atoms with Gasteiger partial charge in [-0.05, 0) is 49.9 Å². The summed E-state index contributed by atoms with van der Waals surface area (Å²) in [7, 11) is 0. The largest absolute Gasteiger partial charge is 0.460 e. The number of carbonyl (C=O) groups excluding carboxylic acids is 1. The van der Waals surface area contributed by atoms with Gasteiger partial charge in [0.05, 0.1) is 6.04 Å². The number of azide groups is 1. The van der Waals surface area contributed by atoms with Gasteiger partial charge >= 0.3 is 5.97 Å². The van der Waals surface area contributed by atoms with Crippen LogP contribution in [0.25, 0.3) is 10.4 Å². The third-order valence-corrected chi connectivity index (χ3v) is 5.61. The van der Waals surface area contributed by atoms with Crippen molar-refractivity contribution in [2.24, 2.45) is 5.11 Å². The van der Waals surface area contributed by atoms with Crippen LogP contribution in [0.3, 0.4) is 0 Å². The molecular formula is C28H32N4O2. The summed E-state index contributed by atoms with van der Waals surface area (Å²) in [4.78, 5) is 18.6. The number of hydrogen-bond acceptors (Lipinski definition) is 4. The minimum Gasteiger partial charge on any atom is -0.460 e. The molecule has 0 aromatic heterocycles. The Kier molecular flexibility index (Phi) is 8.47. The number of benzene rings is 3. The predicted molar refractivity (Wildman–Crippen MR) is 135 cm³/mol. The maximum absolute atomic E-state index is 13.4. The lowest BCUT2D eigenvalue weighted by Crippen LogP contribution is -2.43. The van der Waals surface area contributed by atoms with Crippen molar-refractivity contribution >= 4 is 5.97 Å². The molecule has 0 bridgehead atoms. The van der Waals surface area contributed by atoms with Gasteiger partial charge in [-0.2, -0.15) is 0 Å². The summed E-state index contributed by atoms with van der Waals surface area (Å²) in [6, 6.07) is 28.2. The van der Waals surface area contributed by atoms with E-state index in [1.54, 1.807) is 0 Å². The van der Waals surface area contributed by atoms with Gasteiger partial charge in [-0.3, -0.25) is 9.69 Å². The number of carbonyl (C=O) groups is 1. The van der Waals surface area contributed by atoms with Crippen molar-refractivity contribution in [1.29, 1.82) is 0 Å². The Morgan fingerprint density at radius 3 is 1.91 bits per heavy atom. The molecule has 0 unspecified atom stereocenters. The molecule has 6 nitrogen and oxygen atoms in total. The second-order valence-corrected chi connectivity index (χ2v) is 9.28. The first-order valence-electron chi connectivity index (χ1n) is 11.5. The summed E-state index contributed by atoms with van der Waals surface area (Å²) in [5, 5.41) is 3.99. The van der Waals surface area contributed by atoms with Gasteiger partial charge in [0.1, 0.15) is 5.60 Å². The molecule has 0 N–H and O–H groups in total. The Bertz CT molecular complexity index is 1090. The molecule has 0 aliphatic heterocycles. The second kappa shape index (κ2) is 11.5. The summed E-state index contributed by atoms with van der Waals surface area (Å²) < 4.78 is 5.71. The molecule has 0 radical (unpaired) electrons. The van der Waals surface area contributed by atoms with Gasteiger partial charge in [0, 0.05) is 17.5 Å². The highest BCUT2D eigenvalue weighted by Gasteiger charge is 2.38. The molecule has 0 heterocycles. The molecule has 0 spiro atoms. The maximum Gasteiger partial charge on any atom is 0.317 e. The molecule has 0 amide bonds. The standard InChI is InChI=1S/C28H32N4O2/c1-21(23-16-10-6-11-17-23)32(20-22-14-8-5-9-15-22)26(24-18-12-7-13-19-24)25(30-31-29)27(33)34-28(2,3)4/h5-19,21,25-26H,20H2,1-4H3/t21-,25-,26-/m1/s1. The fourth-order valence-electron chi connectivity index (χ4n) is 4.06. The van der Waals surface area contributed by atoms with Crippen LogP contribution in [0.4, 0.5) is 0 Å². The van der Waals surface area contributed by atoms with E-state index in [1.807, 2.05) is 87.5 Å². The molecule has 0 saturated heterocycles. The summed E-state index contributed by atoms with van der Waals surface area (Å²) in [6.45, 7) is 8.09. The van der Waals surface area contributed by atoms with E-state index in [0.29, 0.717) is 6.54 Å². The Balaban J connectivity index is 2.16. The lowest BCUT2D eigenvalue weighted by molar-refractivity contribution is -0.158. The van der Waals surface area contributed by atoms with Gasteiger partial charge in [0.25, 0.3) is 0 Å². The summed E-state index contributed by atoms with van der Waals surface area (Å²) in [6.07, 6.45) is 0. The van der Waals surface area contributed by atoms with E-state index >= 15 is 0 Å². The van der Waals surface area contributed by atoms with Crippen LogP contribution >= 0.6 is 0 Å². The van der Waals surface area contributed by atoms with Crippen molar-refractivity contribution in [3.8, 4) is 0 Å². The van der Waals surface area contributed by atoms with E-state index in [1.165, 1.54) is 0 Å². The van der Waals surface area contributed by atoms with Gasteiger partial charge in [-0.15, -0.1) is 0 Å². The SMILES string of the molecule is C[C@H](c1ccccc1)N(Cc1ccccc1)[C@H](c1ccccc1)[C@@H](N=[N+]=[N-])C(=O)OC(C)(C)C. The van der Waals surface area contributed by atoms with Crippen LogP contribution in [0, 0.1) is 0 Å². The highest BCUT2D eigenvalue weighted by atomic mass is 16.6. The van der Waals surface area contributed by atoms with Crippen molar-refractivity contribution in [1.82, 2.24) is 4.90 Å². The first-order chi connectivity index (χ1) is 16.3. The van der Waals surface area contributed by atoms with Gasteiger partial charge in [-0.25, -0.2) is 0 Å². The van der Waals surface area contributed by atoms with Crippen molar-refractivity contribution in [3.63, 3.8) is 0 Å². The summed E-state index contributed by atoms with van der Waals surface area (Å²) >= 11 is 0. The van der Waals surface area contributed by atoms with E-state index in [9.17, 15) is 10.3 Å². The van der Waals surface area contributed by atoms with Crippen molar-refractivity contribution in [2.45, 2.75) is 58.0 Å². The molecule has 3 atom stereocenters. The Morgan fingerprint density at radius 1 is 0.912 bits per heavy atom. The van der Waals surface area contributed by atoms with E-state index in [2.05, 4.69) is 46.1 Å². The Morgan fingerprint density at radius 2 is 1.41 bits per heavy atom. The smallest absolute Gasteiger partial charge is 0.317 e. The molecule has 34 heavy (non-hydrogen) atoms. The minimum atomic E-state index is -1.07. The van der Waals surface area contributed by atoms with Gasteiger partial charge in [-0.1, -0.05) is 96.1 Å². The first kappa shape index (κ1) is 25.0. The first-order valence-corrected chi connectivity index (χ1v) is 11.5. The summed E-state index contributed by atoms with van der Waals surface area (Å²) in [5.41, 5.74) is 11.8. The normalized spacial score (nSPS) is 14.0. The third kappa shape index (κ3) is 6.70. The highest BCUT2D eigenvalue weighted by molar-refractivity contribution is 5.77. The molecule has 0 aliphatic rings. The lowest BCUT2D eigenvalue weighted by Gasteiger charge is -2.40. The molecule has 176 valence electrons. The average molecular weight is 457 g/mol. The third-order valence-electron chi connectivity index (χ3n) is 5.61. The zero-order valence-electron chi connectivity index (χ0n) is 20.2. The fraction of sp³-hybridized carbons (Fsp3) is 0.321. The number of nitrogens with zero attached hydrogens (tertiary/aromatic N) is 4. The quantitative estimate of drug-likeness (QED) is 0.150. The van der Waals surface area contributed by atoms with E-state index in [-0.39, 0.29) is 6.04 Å². The molecule has 0 saturated carbocycles. The molecule has 3 aromatic carbocycles. The molecule has 0 fully saturated rings. The van der Waals surface area contributed by atoms with Crippen LogP contribution in [0.15, 0.2) is 96.1 Å². The molecular weight excluding hydrogens is 424 g/mol. The van der Waals surface area contributed by atoms with Crippen LogP contribution < -0.4 is 0 Å². The topological polar surface area (TPSA) is 78.3 Å². The predicted octanol–water partition coefficient (Wildman–Crippen LogP) is 7.01. The molecule has 0 aliphatic carbocycles. The maximum atomic E-state index is 13.4. The zero-order valence-corrected chi connectivity index (χ0v) is 20.2. The van der Waals surface area contributed by atoms with E-state index < -0.39 is 23.7 Å². The van der Waals surface area contributed by atoms with Crippen LogP contribution in [0.2, 0.25) is 0 Å². The average Bonchev–Trinajstić information content (AvgIpc) is 2.83. The van der Waals surface area contributed by atoms with Gasteiger partial charge in [0.15, 0.2) is 6.04 Å². The monoisotopic (exact) mass is 456 g/mol. The fourth-order valence-corrected chi connectivity index (χ4v) is 4.06. The molecule has 3 rings (SSSR count). The van der Waals surface area contributed by atoms with Crippen molar-refractivity contribution < 1.29 is 9.53 Å². The van der Waals surface area contributed by atoms with E-state index in [0.717, 1.165) is 16.7 Å². The van der Waals surface area contributed by atoms with Crippen molar-refractivity contribution in [3.05, 3.63) is 118 Å². The number of hydrogen-bond donors (Lipinski definition) is 0. The van der Waals surface area contributed by atoms with Crippen LogP contribution in [0.5, 0.6) is 0 Å². The molecule has 3 aromatic rings. The van der Waals surface area contributed by atoms with Crippen LogP contribution in [-0.4, -0.2) is 22.5 Å². The lowest BCUT2D eigenvalue weighted by atomic mass is 9.93. The van der Waals surface area contributed by atoms with Crippen LogP contribution in [0.1, 0.15) is 56.5 Å². The highest BCUT2D eigenvalue weighted by Crippen LogP contribution is 2.36. The van der Waals surface area contributed by atoms with Crippen molar-refractivity contribution in [2.75, 3.05) is 0 Å². The second-order valence-electron chi connectivity index (χ2n) is 9.28. The zero-order chi connectivity index (χ0) is 24.6. The Labute approximate surface area is 201 Å². The minimum absolute atomic E-state index is 0.0783. The molecule has 6 heteroatoms. The number of ether oxygens (including phenoxy) is 1. The number of rotatable bonds is 9. The van der Waals surface area contributed by atoms with E-state index in [4.69, 9.17) is 4.74 Å².